The summed E-state index contributed by atoms with van der Waals surface area (Å²) in [5, 5.41) is 0. The first-order valence-corrected chi connectivity index (χ1v) is 31.2. The highest BCUT2D eigenvalue weighted by Crippen LogP contribution is 2.43. The van der Waals surface area contributed by atoms with Crippen molar-refractivity contribution in [2.45, 2.75) is 264 Å². The third-order valence-corrected chi connectivity index (χ3v) is 13.4. The van der Waals surface area contributed by atoms with Crippen molar-refractivity contribution in [1.29, 1.82) is 0 Å². The maximum atomic E-state index is 12.7. The summed E-state index contributed by atoms with van der Waals surface area (Å²) in [6, 6.07) is 0. The maximum absolute atomic E-state index is 12.7. The van der Waals surface area contributed by atoms with Gasteiger partial charge in [0.1, 0.15) is 6.61 Å². The Hall–Kier alpha value is -3.07. The van der Waals surface area contributed by atoms with Gasteiger partial charge < -0.3 is 20.1 Å². The van der Waals surface area contributed by atoms with Gasteiger partial charge in [-0.3, -0.25) is 18.6 Å². The van der Waals surface area contributed by atoms with Crippen LogP contribution >= 0.6 is 7.82 Å². The first-order valence-electron chi connectivity index (χ1n) is 29.7. The van der Waals surface area contributed by atoms with Crippen molar-refractivity contribution >= 4 is 19.8 Å². The molecule has 0 bridgehead atoms. The quantitative estimate of drug-likeness (QED) is 0.0264. The average Bonchev–Trinajstić information content (AvgIpc) is 3.38. The Bertz CT molecular complexity index is 1510. The molecule has 0 aliphatic rings. The van der Waals surface area contributed by atoms with Gasteiger partial charge in [-0.15, -0.1) is 0 Å². The Morgan fingerprint density at radius 2 is 0.753 bits per heavy atom. The molecule has 0 aromatic carbocycles. The van der Waals surface area contributed by atoms with Gasteiger partial charge in [0.2, 0.25) is 0 Å². The number of phosphoric ester groups is 1. The van der Waals surface area contributed by atoms with Crippen LogP contribution in [0.4, 0.5) is 0 Å². The summed E-state index contributed by atoms with van der Waals surface area (Å²) in [4.78, 5) is 35.2. The van der Waals surface area contributed by atoms with Crippen molar-refractivity contribution in [3.63, 3.8) is 0 Å². The lowest BCUT2D eigenvalue weighted by molar-refractivity contribution is -0.161. The molecule has 0 saturated heterocycles. The second kappa shape index (κ2) is 58.2. The molecular weight excluding hydrogens is 930 g/mol. The van der Waals surface area contributed by atoms with Gasteiger partial charge in [0.15, 0.2) is 6.10 Å². The molecule has 0 amide bonds. The van der Waals surface area contributed by atoms with E-state index in [1.54, 1.807) is 0 Å². The molecule has 0 fully saturated rings. The lowest BCUT2D eigenvalue weighted by atomic mass is 10.0. The van der Waals surface area contributed by atoms with E-state index >= 15 is 0 Å². The van der Waals surface area contributed by atoms with Crippen LogP contribution in [0.3, 0.4) is 0 Å². The van der Waals surface area contributed by atoms with Gasteiger partial charge >= 0.3 is 19.8 Å². The fraction of sp³-hybridized carbons (Fsp3) is 0.714. The Balaban J connectivity index is 3.98. The number of nitrogens with two attached hydrogens (primary N) is 1. The monoisotopic (exact) mass is 1040 g/mol. The second-order valence-electron chi connectivity index (χ2n) is 19.5. The normalized spacial score (nSPS) is 13.8. The molecule has 2 atom stereocenters. The minimum atomic E-state index is -4.40. The molecule has 0 aliphatic heterocycles. The van der Waals surface area contributed by atoms with E-state index in [4.69, 9.17) is 24.3 Å². The zero-order chi connectivity index (χ0) is 53.1. The van der Waals surface area contributed by atoms with Gasteiger partial charge in [0.25, 0.3) is 0 Å². The van der Waals surface area contributed by atoms with Gasteiger partial charge in [0, 0.05) is 19.4 Å². The number of hydrogen-bond donors (Lipinski definition) is 2. The average molecular weight is 1040 g/mol. The largest absolute Gasteiger partial charge is 0.472 e. The van der Waals surface area contributed by atoms with E-state index in [1.165, 1.54) is 128 Å². The first-order chi connectivity index (χ1) is 35.8. The van der Waals surface area contributed by atoms with Crippen molar-refractivity contribution in [3.8, 4) is 0 Å². The highest BCUT2D eigenvalue weighted by Gasteiger charge is 2.26. The highest BCUT2D eigenvalue weighted by molar-refractivity contribution is 7.47. The van der Waals surface area contributed by atoms with Crippen molar-refractivity contribution < 1.29 is 37.6 Å². The molecule has 0 spiro atoms. The summed E-state index contributed by atoms with van der Waals surface area (Å²) in [5.74, 6) is -0.841. The molecule has 0 heterocycles. The van der Waals surface area contributed by atoms with E-state index in [9.17, 15) is 19.0 Å². The molecular formula is C63H110NO8P. The fourth-order valence-electron chi connectivity index (χ4n) is 8.08. The van der Waals surface area contributed by atoms with Crippen LogP contribution in [-0.4, -0.2) is 49.3 Å². The van der Waals surface area contributed by atoms with E-state index in [2.05, 4.69) is 111 Å². The summed E-state index contributed by atoms with van der Waals surface area (Å²) in [6.45, 7) is 3.61. The predicted octanol–water partition coefficient (Wildman–Crippen LogP) is 18.8. The third kappa shape index (κ3) is 58.1. The van der Waals surface area contributed by atoms with Crippen LogP contribution in [-0.2, 0) is 32.7 Å². The zero-order valence-corrected chi connectivity index (χ0v) is 47.7. The number of hydrogen-bond acceptors (Lipinski definition) is 8. The third-order valence-electron chi connectivity index (χ3n) is 12.5. The molecule has 0 aromatic heterocycles. The minimum absolute atomic E-state index is 0.0479. The second-order valence-corrected chi connectivity index (χ2v) is 20.9. The molecule has 0 rings (SSSR count). The molecule has 0 aliphatic carbocycles. The van der Waals surface area contributed by atoms with Gasteiger partial charge in [0.05, 0.1) is 13.2 Å². The van der Waals surface area contributed by atoms with Gasteiger partial charge in [-0.1, -0.05) is 246 Å². The van der Waals surface area contributed by atoms with Crippen LogP contribution in [0.25, 0.3) is 0 Å². The number of ether oxygens (including phenoxy) is 2. The summed E-state index contributed by atoms with van der Waals surface area (Å²) >= 11 is 0. The number of rotatable bonds is 55. The lowest BCUT2D eigenvalue weighted by Crippen LogP contribution is -2.29. The molecule has 420 valence electrons. The molecule has 10 heteroatoms. The van der Waals surface area contributed by atoms with E-state index in [-0.39, 0.29) is 32.6 Å². The Kier molecular flexibility index (Phi) is 55.7. The van der Waals surface area contributed by atoms with E-state index < -0.39 is 32.5 Å². The van der Waals surface area contributed by atoms with Gasteiger partial charge in [-0.25, -0.2) is 4.57 Å². The molecule has 9 nitrogen and oxygen atoms in total. The van der Waals surface area contributed by atoms with Crippen molar-refractivity contribution in [1.82, 2.24) is 0 Å². The van der Waals surface area contributed by atoms with E-state index in [0.29, 0.717) is 12.8 Å². The number of allylic oxidation sites excluding steroid dienone is 16. The number of esters is 2. The molecule has 0 saturated carbocycles. The Morgan fingerprint density at radius 1 is 0.425 bits per heavy atom. The van der Waals surface area contributed by atoms with E-state index in [1.807, 2.05) is 0 Å². The topological polar surface area (TPSA) is 134 Å². The van der Waals surface area contributed by atoms with Crippen molar-refractivity contribution in [2.24, 2.45) is 5.73 Å². The molecule has 2 unspecified atom stereocenters. The van der Waals surface area contributed by atoms with Crippen LogP contribution < -0.4 is 5.73 Å². The molecule has 3 N–H and O–H groups in total. The highest BCUT2D eigenvalue weighted by atomic mass is 31.2. The smallest absolute Gasteiger partial charge is 0.462 e. The lowest BCUT2D eigenvalue weighted by Gasteiger charge is -2.19. The number of phosphoric acid groups is 1. The summed E-state index contributed by atoms with van der Waals surface area (Å²) in [7, 11) is -4.40. The van der Waals surface area contributed by atoms with Crippen LogP contribution in [0.5, 0.6) is 0 Å². The molecule has 0 radical (unpaired) electrons. The standard InChI is InChI=1S/C63H110NO8P/c1-3-5-7-9-11-13-15-17-19-21-23-25-26-27-28-29-30-31-32-33-34-36-38-40-42-44-46-48-50-52-54-56-63(66)72-61(60-71-73(67,68)70-58-57-64)59-69-62(65)55-53-51-49-47-45-43-41-39-37-35-24-22-20-18-16-14-12-10-8-6-4-2/h5,7,11,13,16-19,22-25,27-28,37,39,61H,3-4,6,8-10,12,14-15,20-21,26,29-36,38,40-60,64H2,1-2H3,(H,67,68)/b7-5-,13-11-,18-16-,19-17-,24-22-,25-23-,28-27-,39-37-. The summed E-state index contributed by atoms with van der Waals surface area (Å²) in [5.41, 5.74) is 5.38. The van der Waals surface area contributed by atoms with Crippen LogP contribution in [0.1, 0.15) is 258 Å². The van der Waals surface area contributed by atoms with Gasteiger partial charge in [-0.05, 0) is 96.3 Å². The SMILES string of the molecule is CC/C=C\C/C=C\C/C=C\C/C=C\C/C=C\CCCCCCCCCCCCCCCCCC(=O)OC(COC(=O)CCCCCCCC/C=C\C/C=C\C/C=C\CCCCCCC)COP(=O)(O)OCCN. The fourth-order valence-corrected chi connectivity index (χ4v) is 8.85. The van der Waals surface area contributed by atoms with Crippen LogP contribution in [0.2, 0.25) is 0 Å². The first kappa shape index (κ1) is 69.9. The minimum Gasteiger partial charge on any atom is -0.462 e. The number of unbranched alkanes of at least 4 members (excludes halogenated alkanes) is 26. The van der Waals surface area contributed by atoms with Crippen molar-refractivity contribution in [3.05, 3.63) is 97.2 Å². The predicted molar refractivity (Wildman–Crippen MR) is 312 cm³/mol. The Morgan fingerprint density at radius 3 is 1.12 bits per heavy atom. The van der Waals surface area contributed by atoms with E-state index in [0.717, 1.165) is 89.9 Å². The summed E-state index contributed by atoms with van der Waals surface area (Å²) in [6.07, 6.45) is 77.5. The summed E-state index contributed by atoms with van der Waals surface area (Å²) < 4.78 is 33.0. The molecule has 73 heavy (non-hydrogen) atoms. The van der Waals surface area contributed by atoms with Gasteiger partial charge in [-0.2, -0.15) is 0 Å². The zero-order valence-electron chi connectivity index (χ0n) is 46.8. The number of carbonyl (C=O) groups is 2. The Labute approximate surface area is 448 Å². The maximum Gasteiger partial charge on any atom is 0.472 e. The number of carbonyl (C=O) groups excluding carboxylic acids is 2. The van der Waals surface area contributed by atoms with Crippen molar-refractivity contribution in [2.75, 3.05) is 26.4 Å². The van der Waals surface area contributed by atoms with Crippen LogP contribution in [0, 0.1) is 0 Å². The molecule has 0 aromatic rings. The van der Waals surface area contributed by atoms with Crippen LogP contribution in [0.15, 0.2) is 97.2 Å².